The molecule has 0 aliphatic rings. The number of ether oxygens (including phenoxy) is 3. The molecule has 0 aromatic rings. The van der Waals surface area contributed by atoms with Crippen molar-refractivity contribution in [3.63, 3.8) is 0 Å². The summed E-state index contributed by atoms with van der Waals surface area (Å²) in [5.41, 5.74) is 0. The van der Waals surface area contributed by atoms with Crippen LogP contribution in [-0.4, -0.2) is 37.2 Å². The summed E-state index contributed by atoms with van der Waals surface area (Å²) in [5, 5.41) is 0. The zero-order valence-electron chi connectivity index (χ0n) is 47.8. The van der Waals surface area contributed by atoms with Crippen molar-refractivity contribution in [1.29, 1.82) is 0 Å². The minimum absolute atomic E-state index is 0.0750. The molecule has 0 rings (SSSR count). The summed E-state index contributed by atoms with van der Waals surface area (Å²) >= 11 is 0. The Kier molecular flexibility index (Phi) is 58.2. The van der Waals surface area contributed by atoms with Gasteiger partial charge in [0.25, 0.3) is 0 Å². The third-order valence-corrected chi connectivity index (χ3v) is 14.1. The average molecular weight is 998 g/mol. The quantitative estimate of drug-likeness (QED) is 0.0261. The van der Waals surface area contributed by atoms with E-state index in [2.05, 4.69) is 57.2 Å². The van der Waals surface area contributed by atoms with Crippen LogP contribution in [0.15, 0.2) is 36.5 Å². The predicted molar refractivity (Wildman–Crippen MR) is 307 cm³/mol. The molecule has 0 aliphatic heterocycles. The maximum atomic E-state index is 12.8. The van der Waals surface area contributed by atoms with E-state index in [9.17, 15) is 14.4 Å². The number of hydrogen-bond donors (Lipinski definition) is 0. The monoisotopic (exact) mass is 997 g/mol. The highest BCUT2D eigenvalue weighted by atomic mass is 16.6. The Morgan fingerprint density at radius 3 is 0.746 bits per heavy atom. The number of hydrogen-bond acceptors (Lipinski definition) is 6. The molecule has 1 atom stereocenters. The molecule has 0 bridgehead atoms. The van der Waals surface area contributed by atoms with Gasteiger partial charge in [0.1, 0.15) is 13.2 Å². The second-order valence-corrected chi connectivity index (χ2v) is 21.3. The lowest BCUT2D eigenvalue weighted by molar-refractivity contribution is -0.167. The van der Waals surface area contributed by atoms with Gasteiger partial charge in [0.2, 0.25) is 0 Å². The van der Waals surface area contributed by atoms with Gasteiger partial charge < -0.3 is 14.2 Å². The van der Waals surface area contributed by atoms with E-state index in [1.807, 2.05) is 0 Å². The van der Waals surface area contributed by atoms with Crippen molar-refractivity contribution < 1.29 is 28.6 Å². The molecule has 6 heteroatoms. The van der Waals surface area contributed by atoms with Crippen LogP contribution in [0.3, 0.4) is 0 Å². The molecule has 416 valence electrons. The number of allylic oxidation sites excluding steroid dienone is 6. The molecule has 0 aromatic heterocycles. The summed E-state index contributed by atoms with van der Waals surface area (Å²) in [6, 6.07) is 0. The fourth-order valence-corrected chi connectivity index (χ4v) is 9.30. The van der Waals surface area contributed by atoms with Crippen LogP contribution in [0.1, 0.15) is 342 Å². The zero-order valence-corrected chi connectivity index (χ0v) is 47.8. The summed E-state index contributed by atoms with van der Waals surface area (Å²) in [5.74, 6) is -0.876. The van der Waals surface area contributed by atoms with Crippen LogP contribution in [0.2, 0.25) is 0 Å². The van der Waals surface area contributed by atoms with Crippen molar-refractivity contribution in [1.82, 2.24) is 0 Å². The summed E-state index contributed by atoms with van der Waals surface area (Å²) in [4.78, 5) is 38.1. The summed E-state index contributed by atoms with van der Waals surface area (Å²) < 4.78 is 16.9. The van der Waals surface area contributed by atoms with E-state index >= 15 is 0 Å². The Balaban J connectivity index is 4.17. The molecule has 0 radical (unpaired) electrons. The standard InChI is InChI=1S/C65H120O6/c1-4-7-10-13-16-19-22-24-26-27-28-29-30-31-32-33-34-35-36-37-39-40-43-46-49-52-55-58-64(67)70-61-62(60-69-63(66)57-54-51-48-45-42-21-18-15-12-9-6-3)71-65(68)59-56-53-50-47-44-41-38-25-23-20-17-14-11-8-5-2/h15,18,25,27-28,38,62H,4-14,16-17,19-24,26,29-37,39-61H2,1-3H3/b18-15-,28-27-,38-25-. The van der Waals surface area contributed by atoms with Gasteiger partial charge in [0.15, 0.2) is 6.10 Å². The smallest absolute Gasteiger partial charge is 0.306 e. The van der Waals surface area contributed by atoms with Crippen LogP contribution in [0.5, 0.6) is 0 Å². The van der Waals surface area contributed by atoms with Crippen LogP contribution >= 0.6 is 0 Å². The highest BCUT2D eigenvalue weighted by Crippen LogP contribution is 2.17. The molecule has 0 fully saturated rings. The van der Waals surface area contributed by atoms with Crippen molar-refractivity contribution in [2.24, 2.45) is 0 Å². The summed E-state index contributed by atoms with van der Waals surface area (Å²) in [7, 11) is 0. The number of carbonyl (C=O) groups excluding carboxylic acids is 3. The first kappa shape index (κ1) is 68.6. The SMILES string of the molecule is CCCC/C=C\CCCCCCCC(=O)OCC(COC(=O)CCCCCCCCCCCCCCCCC/C=C\CCCCCCCCCC)OC(=O)CCCCCCC/C=C\CCCCCCCC. The molecular formula is C65H120O6. The van der Waals surface area contributed by atoms with Crippen molar-refractivity contribution in [3.05, 3.63) is 36.5 Å². The van der Waals surface area contributed by atoms with E-state index in [0.717, 1.165) is 70.6 Å². The Labute approximate surface area is 442 Å². The van der Waals surface area contributed by atoms with E-state index < -0.39 is 6.10 Å². The van der Waals surface area contributed by atoms with Crippen LogP contribution in [0, 0.1) is 0 Å². The highest BCUT2D eigenvalue weighted by molar-refractivity contribution is 5.71. The molecule has 1 unspecified atom stereocenters. The van der Waals surface area contributed by atoms with Crippen LogP contribution in [0.25, 0.3) is 0 Å². The van der Waals surface area contributed by atoms with Gasteiger partial charge in [0, 0.05) is 19.3 Å². The molecule has 0 saturated carbocycles. The number of esters is 3. The van der Waals surface area contributed by atoms with Crippen molar-refractivity contribution in [2.75, 3.05) is 13.2 Å². The molecule has 0 spiro atoms. The summed E-state index contributed by atoms with van der Waals surface area (Å²) in [6.45, 7) is 6.63. The Bertz CT molecular complexity index is 1190. The Morgan fingerprint density at radius 2 is 0.479 bits per heavy atom. The average Bonchev–Trinajstić information content (AvgIpc) is 3.37. The van der Waals surface area contributed by atoms with Gasteiger partial charge in [-0.05, 0) is 89.9 Å². The van der Waals surface area contributed by atoms with E-state index in [-0.39, 0.29) is 31.1 Å². The fraction of sp³-hybridized carbons (Fsp3) is 0.862. The molecule has 0 saturated heterocycles. The molecule has 0 aliphatic carbocycles. The molecule has 0 aromatic carbocycles. The topological polar surface area (TPSA) is 78.9 Å². The predicted octanol–water partition coefficient (Wildman–Crippen LogP) is 21.2. The lowest BCUT2D eigenvalue weighted by Crippen LogP contribution is -2.30. The third kappa shape index (κ3) is 58.4. The van der Waals surface area contributed by atoms with Crippen LogP contribution < -0.4 is 0 Å². The normalized spacial score (nSPS) is 12.2. The van der Waals surface area contributed by atoms with Crippen molar-refractivity contribution >= 4 is 17.9 Å². The number of carbonyl (C=O) groups is 3. The Morgan fingerprint density at radius 1 is 0.268 bits per heavy atom. The molecule has 71 heavy (non-hydrogen) atoms. The fourth-order valence-electron chi connectivity index (χ4n) is 9.30. The number of unbranched alkanes of at least 4 members (excludes halogenated alkanes) is 41. The second kappa shape index (κ2) is 60.2. The lowest BCUT2D eigenvalue weighted by Gasteiger charge is -2.18. The molecule has 0 N–H and O–H groups in total. The van der Waals surface area contributed by atoms with Crippen molar-refractivity contribution in [2.45, 2.75) is 348 Å². The van der Waals surface area contributed by atoms with Crippen LogP contribution in [-0.2, 0) is 28.6 Å². The van der Waals surface area contributed by atoms with Gasteiger partial charge in [0.05, 0.1) is 0 Å². The van der Waals surface area contributed by atoms with E-state index in [4.69, 9.17) is 14.2 Å². The molecule has 6 nitrogen and oxygen atoms in total. The Hall–Kier alpha value is -2.37. The zero-order chi connectivity index (χ0) is 51.4. The van der Waals surface area contributed by atoms with Gasteiger partial charge in [-0.2, -0.15) is 0 Å². The van der Waals surface area contributed by atoms with E-state index in [1.54, 1.807) is 0 Å². The van der Waals surface area contributed by atoms with E-state index in [1.165, 1.54) is 231 Å². The first-order valence-corrected chi connectivity index (χ1v) is 31.5. The van der Waals surface area contributed by atoms with Gasteiger partial charge in [-0.1, -0.05) is 269 Å². The first-order valence-electron chi connectivity index (χ1n) is 31.5. The third-order valence-electron chi connectivity index (χ3n) is 14.1. The van der Waals surface area contributed by atoms with Gasteiger partial charge >= 0.3 is 17.9 Å². The maximum absolute atomic E-state index is 12.8. The minimum atomic E-state index is -0.777. The molecule has 0 heterocycles. The van der Waals surface area contributed by atoms with Gasteiger partial charge in [-0.3, -0.25) is 14.4 Å². The highest BCUT2D eigenvalue weighted by Gasteiger charge is 2.19. The van der Waals surface area contributed by atoms with Crippen molar-refractivity contribution in [3.8, 4) is 0 Å². The first-order chi connectivity index (χ1) is 35.0. The van der Waals surface area contributed by atoms with E-state index in [0.29, 0.717) is 19.3 Å². The largest absolute Gasteiger partial charge is 0.462 e. The number of rotatable bonds is 58. The molecule has 0 amide bonds. The van der Waals surface area contributed by atoms with Gasteiger partial charge in [-0.25, -0.2) is 0 Å². The minimum Gasteiger partial charge on any atom is -0.462 e. The van der Waals surface area contributed by atoms with Crippen LogP contribution in [0.4, 0.5) is 0 Å². The molecular weight excluding hydrogens is 877 g/mol. The van der Waals surface area contributed by atoms with Gasteiger partial charge in [-0.15, -0.1) is 0 Å². The maximum Gasteiger partial charge on any atom is 0.306 e. The lowest BCUT2D eigenvalue weighted by atomic mass is 10.0. The summed E-state index contributed by atoms with van der Waals surface area (Å²) in [6.07, 6.45) is 73.1. The second-order valence-electron chi connectivity index (χ2n) is 21.3.